The van der Waals surface area contributed by atoms with Crippen LogP contribution in [0.5, 0.6) is 0 Å². The molecule has 2 N–H and O–H groups in total. The van der Waals surface area contributed by atoms with Crippen LogP contribution in [0.4, 0.5) is 0 Å². The van der Waals surface area contributed by atoms with Gasteiger partial charge in [0, 0.05) is 12.8 Å². The highest BCUT2D eigenvalue weighted by atomic mass is 31.2. The Morgan fingerprint density at radius 3 is 1.13 bits per heavy atom. The summed E-state index contributed by atoms with van der Waals surface area (Å²) in [5.41, 5.74) is 0. The Kier molecular flexibility index (Phi) is 62.7. The van der Waals surface area contributed by atoms with E-state index in [-0.39, 0.29) is 31.5 Å². The fourth-order valence-electron chi connectivity index (χ4n) is 9.89. The van der Waals surface area contributed by atoms with Gasteiger partial charge in [0.05, 0.1) is 33.8 Å². The van der Waals surface area contributed by atoms with Crippen molar-refractivity contribution in [2.45, 2.75) is 315 Å². The van der Waals surface area contributed by atoms with Gasteiger partial charge in [-0.3, -0.25) is 18.6 Å². The molecule has 0 spiro atoms. The second kappa shape index (κ2) is 65.4. The van der Waals surface area contributed by atoms with Gasteiger partial charge >= 0.3 is 13.8 Å². The van der Waals surface area contributed by atoms with Crippen molar-refractivity contribution in [1.29, 1.82) is 0 Å². The predicted molar refractivity (Wildman–Crippen MR) is 378 cm³/mol. The summed E-state index contributed by atoms with van der Waals surface area (Å²) in [5.74, 6) is -0.523. The minimum atomic E-state index is -4.47. The van der Waals surface area contributed by atoms with Crippen LogP contribution in [-0.4, -0.2) is 74.3 Å². The molecule has 0 saturated heterocycles. The number of phosphoric ester groups is 1. The molecule has 3 unspecified atom stereocenters. The monoisotopic (exact) mass is 1230 g/mol. The number of unbranched alkanes of at least 4 members (excludes halogenated alkanes) is 30. The predicted octanol–water partition coefficient (Wildman–Crippen LogP) is 23.0. The number of rotatable bonds is 64. The highest BCUT2D eigenvalue weighted by molar-refractivity contribution is 7.47. The average Bonchev–Trinajstić information content (AvgIpc) is 3.70. The second-order valence-electron chi connectivity index (χ2n) is 25.0. The molecule has 0 aliphatic heterocycles. The van der Waals surface area contributed by atoms with E-state index < -0.39 is 20.0 Å². The van der Waals surface area contributed by atoms with Crippen LogP contribution in [-0.2, 0) is 27.9 Å². The van der Waals surface area contributed by atoms with Crippen LogP contribution in [0.1, 0.15) is 303 Å². The van der Waals surface area contributed by atoms with Gasteiger partial charge in [-0.1, -0.05) is 290 Å². The van der Waals surface area contributed by atoms with Gasteiger partial charge in [0.2, 0.25) is 5.91 Å². The quantitative estimate of drug-likeness (QED) is 0.0205. The molecule has 0 aliphatic rings. The van der Waals surface area contributed by atoms with Crippen molar-refractivity contribution in [2.75, 3.05) is 40.9 Å². The van der Waals surface area contributed by atoms with E-state index in [2.05, 4.69) is 135 Å². The normalized spacial score (nSPS) is 14.2. The van der Waals surface area contributed by atoms with Crippen LogP contribution in [0, 0.1) is 0 Å². The van der Waals surface area contributed by atoms with Gasteiger partial charge < -0.3 is 19.4 Å². The van der Waals surface area contributed by atoms with Crippen molar-refractivity contribution in [3.63, 3.8) is 0 Å². The molecule has 87 heavy (non-hydrogen) atoms. The summed E-state index contributed by atoms with van der Waals surface area (Å²) in [5, 5.41) is 3.06. The maximum absolute atomic E-state index is 13.6. The Balaban J connectivity index is 5.05. The van der Waals surface area contributed by atoms with Gasteiger partial charge in [-0.25, -0.2) is 4.57 Å². The summed E-state index contributed by atoms with van der Waals surface area (Å²) in [7, 11) is 1.48. The molecule has 9 nitrogen and oxygen atoms in total. The first kappa shape index (κ1) is 83.4. The summed E-state index contributed by atoms with van der Waals surface area (Å²) in [6, 6.07) is -0.864. The third kappa shape index (κ3) is 66.7. The Hall–Kier alpha value is -3.59. The summed E-state index contributed by atoms with van der Waals surface area (Å²) in [6.07, 6.45) is 92.1. The van der Waals surface area contributed by atoms with E-state index in [9.17, 15) is 19.0 Å². The van der Waals surface area contributed by atoms with Crippen LogP contribution in [0.15, 0.2) is 122 Å². The maximum atomic E-state index is 13.6. The van der Waals surface area contributed by atoms with Crippen molar-refractivity contribution in [1.82, 2.24) is 5.32 Å². The van der Waals surface area contributed by atoms with Crippen LogP contribution < -0.4 is 5.32 Å². The fourth-order valence-corrected chi connectivity index (χ4v) is 10.6. The van der Waals surface area contributed by atoms with E-state index in [1.807, 2.05) is 33.3 Å². The number of amides is 1. The van der Waals surface area contributed by atoms with Gasteiger partial charge in [0.15, 0.2) is 0 Å². The van der Waals surface area contributed by atoms with E-state index >= 15 is 0 Å². The van der Waals surface area contributed by atoms with Crippen molar-refractivity contribution in [2.24, 2.45) is 0 Å². The van der Waals surface area contributed by atoms with Gasteiger partial charge in [0.1, 0.15) is 19.3 Å². The highest BCUT2D eigenvalue weighted by Gasteiger charge is 2.30. The number of hydrogen-bond acceptors (Lipinski definition) is 6. The van der Waals surface area contributed by atoms with E-state index in [0.29, 0.717) is 17.4 Å². The van der Waals surface area contributed by atoms with Crippen LogP contribution in [0.2, 0.25) is 0 Å². The van der Waals surface area contributed by atoms with Crippen molar-refractivity contribution >= 4 is 19.7 Å². The number of hydrogen-bond donors (Lipinski definition) is 2. The summed E-state index contributed by atoms with van der Waals surface area (Å²) in [6.45, 7) is 6.86. The van der Waals surface area contributed by atoms with Crippen molar-refractivity contribution < 1.29 is 37.3 Å². The van der Waals surface area contributed by atoms with E-state index in [4.69, 9.17) is 13.8 Å². The number of carbonyl (C=O) groups is 2. The minimum absolute atomic E-state index is 0.0320. The zero-order valence-electron chi connectivity index (χ0n) is 57.2. The van der Waals surface area contributed by atoms with Crippen LogP contribution >= 0.6 is 7.82 Å². The third-order valence-corrected chi connectivity index (χ3v) is 16.4. The van der Waals surface area contributed by atoms with E-state index in [0.717, 1.165) is 128 Å². The lowest BCUT2D eigenvalue weighted by Gasteiger charge is -2.27. The number of nitrogens with zero attached hydrogens (tertiary/aromatic N) is 1. The molecule has 10 heteroatoms. The number of ether oxygens (including phenoxy) is 1. The number of quaternary nitrogens is 1. The molecule has 0 bridgehead atoms. The van der Waals surface area contributed by atoms with Gasteiger partial charge in [-0.2, -0.15) is 0 Å². The largest absolute Gasteiger partial charge is 0.472 e. The Morgan fingerprint density at radius 2 is 0.736 bits per heavy atom. The molecule has 0 radical (unpaired) electrons. The number of phosphoric acid groups is 1. The SMILES string of the molecule is CC/C=C\C/C=C\C/C=C\C/C=C\C/C=C\CCCCCCCCCC(=O)OC(/C=C\CCCCCCCCCCC)C(COP(=O)(O)OCC[N+](C)(C)C)NC(=O)CCCCCCCCCCCCC/C=C\C/C=C\C/C=C\C/C=C\CCCCC. The van der Waals surface area contributed by atoms with Gasteiger partial charge in [0.25, 0.3) is 0 Å². The molecule has 0 rings (SSSR count). The number of nitrogens with one attached hydrogen (secondary N) is 1. The smallest absolute Gasteiger partial charge is 0.456 e. The first-order valence-corrected chi connectivity index (χ1v) is 37.4. The zero-order chi connectivity index (χ0) is 63.5. The maximum Gasteiger partial charge on any atom is 0.472 e. The lowest BCUT2D eigenvalue weighted by atomic mass is 10.0. The Labute approximate surface area is 537 Å². The second-order valence-corrected chi connectivity index (χ2v) is 26.5. The average molecular weight is 1230 g/mol. The first-order chi connectivity index (χ1) is 42.4. The molecule has 0 heterocycles. The zero-order valence-corrected chi connectivity index (χ0v) is 58.1. The molecule has 0 aromatic carbocycles. The molecule has 0 saturated carbocycles. The molecule has 0 fully saturated rings. The van der Waals surface area contributed by atoms with Gasteiger partial charge in [-0.15, -0.1) is 0 Å². The molecular weight excluding hydrogens is 1100 g/mol. The molecule has 0 aromatic rings. The van der Waals surface area contributed by atoms with Crippen molar-refractivity contribution in [3.05, 3.63) is 122 Å². The molecule has 0 aliphatic carbocycles. The van der Waals surface area contributed by atoms with Crippen molar-refractivity contribution in [3.8, 4) is 0 Å². The van der Waals surface area contributed by atoms with E-state index in [1.165, 1.54) is 141 Å². The van der Waals surface area contributed by atoms with Crippen LogP contribution in [0.25, 0.3) is 0 Å². The summed E-state index contributed by atoms with van der Waals surface area (Å²) >= 11 is 0. The molecule has 0 aromatic heterocycles. The lowest BCUT2D eigenvalue weighted by molar-refractivity contribution is -0.870. The number of esters is 1. The topological polar surface area (TPSA) is 111 Å². The Bertz CT molecular complexity index is 1900. The number of carbonyl (C=O) groups excluding carboxylic acids is 2. The third-order valence-electron chi connectivity index (χ3n) is 15.4. The summed E-state index contributed by atoms with van der Waals surface area (Å²) < 4.78 is 30.8. The standard InChI is InChI=1S/C77H135N2O7P/c1-7-10-13-16-19-22-25-27-29-31-33-35-37-38-39-40-42-43-45-47-49-51-54-57-60-63-66-69-76(80)78-74(73-85-87(82,83)84-72-71-79(4,5)6)75(68-65-62-59-56-53-24-21-18-15-12-9-3)86-77(81)70-67-64-61-58-55-52-50-48-46-44-41-36-34-32-30-28-26-23-20-17-14-11-8-2/h11,14,19-20,22-23,27-30,33-36,38-39,44,46,65,68,74-75H,7-10,12-13,15-18,21,24-26,31-32,37,40-43,45,47-64,66-67,69-73H2,1-6H3,(H-,78,80,82,83)/p+1/b14-11-,22-19-,23-20-,29-27-,30-28-,35-33-,36-34-,39-38-,46-44-,68-65-. The van der Waals surface area contributed by atoms with E-state index in [1.54, 1.807) is 0 Å². The highest BCUT2D eigenvalue weighted by Crippen LogP contribution is 2.43. The first-order valence-electron chi connectivity index (χ1n) is 35.9. The Morgan fingerprint density at radius 1 is 0.414 bits per heavy atom. The lowest BCUT2D eigenvalue weighted by Crippen LogP contribution is -2.47. The van der Waals surface area contributed by atoms with Crippen LogP contribution in [0.3, 0.4) is 0 Å². The number of likely N-dealkylation sites (N-methyl/N-ethyl adjacent to an activating group) is 1. The summed E-state index contributed by atoms with van der Waals surface area (Å²) in [4.78, 5) is 37.9. The van der Waals surface area contributed by atoms with Gasteiger partial charge in [-0.05, 0) is 122 Å². The molecule has 1 amide bonds. The molecule has 3 atom stereocenters. The number of allylic oxidation sites excluding steroid dienone is 19. The fraction of sp³-hybridized carbons (Fsp3) is 0.714. The minimum Gasteiger partial charge on any atom is -0.456 e. The molecule has 500 valence electrons. The molecular formula is C77H136N2O7P+.